The lowest BCUT2D eigenvalue weighted by atomic mass is 10.0. The van der Waals surface area contributed by atoms with E-state index in [1.165, 1.54) is 0 Å². The number of aromatic nitrogens is 3. The van der Waals surface area contributed by atoms with E-state index < -0.39 is 5.97 Å². The fourth-order valence-corrected chi connectivity index (χ4v) is 4.15. The zero-order chi connectivity index (χ0) is 25.5. The van der Waals surface area contributed by atoms with Crippen molar-refractivity contribution < 1.29 is 14.6 Å². The molecule has 0 bridgehead atoms. The van der Waals surface area contributed by atoms with E-state index in [2.05, 4.69) is 23.2 Å². The molecule has 5 aromatic rings. The van der Waals surface area contributed by atoms with E-state index in [0.29, 0.717) is 19.6 Å². The minimum Gasteiger partial charge on any atom is -0.487 e. The van der Waals surface area contributed by atoms with E-state index in [-0.39, 0.29) is 6.42 Å². The average Bonchev–Trinajstić information content (AvgIpc) is 3.35. The number of pyridine rings is 1. The molecule has 0 aliphatic heterocycles. The number of aliphatic carboxylic acids is 1. The molecule has 3 aromatic carbocycles. The van der Waals surface area contributed by atoms with Crippen molar-refractivity contribution in [3.8, 4) is 28.1 Å². The molecule has 0 aliphatic rings. The van der Waals surface area contributed by atoms with E-state index in [0.717, 1.165) is 45.0 Å². The second-order valence-electron chi connectivity index (χ2n) is 8.80. The zero-order valence-electron chi connectivity index (χ0n) is 20.3. The van der Waals surface area contributed by atoms with Crippen molar-refractivity contribution >= 4 is 5.97 Å². The minimum atomic E-state index is -0.815. The topological polar surface area (TPSA) is 77.2 Å². The number of carbonyl (C=O) groups is 1. The van der Waals surface area contributed by atoms with Crippen molar-refractivity contribution in [1.82, 2.24) is 14.8 Å². The fourth-order valence-electron chi connectivity index (χ4n) is 4.15. The molecule has 0 aliphatic carbocycles. The average molecular weight is 490 g/mol. The maximum Gasteiger partial charge on any atom is 0.303 e. The van der Waals surface area contributed by atoms with Gasteiger partial charge in [0, 0.05) is 29.9 Å². The first-order valence-corrected chi connectivity index (χ1v) is 12.2. The highest BCUT2D eigenvalue weighted by Crippen LogP contribution is 2.24. The highest BCUT2D eigenvalue weighted by Gasteiger charge is 2.13. The Hall–Kier alpha value is -4.71. The van der Waals surface area contributed by atoms with Gasteiger partial charge in [0.1, 0.15) is 12.4 Å². The standard InChI is InChI=1S/C31H27N3O3/c35-30(36)18-14-27-21-34(33-31(27)25-9-5-2-6-10-25)20-23-11-16-29(17-12-23)37-22-28-15-13-26(19-32-28)24-7-3-1-4-8-24/h1-13,15-17,19,21H,14,18,20,22H2,(H,35,36). The molecule has 0 saturated heterocycles. The van der Waals surface area contributed by atoms with Gasteiger partial charge in [0.15, 0.2) is 0 Å². The van der Waals surface area contributed by atoms with Crippen molar-refractivity contribution in [3.05, 3.63) is 126 Å². The zero-order valence-corrected chi connectivity index (χ0v) is 20.3. The predicted molar refractivity (Wildman–Crippen MR) is 143 cm³/mol. The SMILES string of the molecule is O=C(O)CCc1cn(Cc2ccc(OCc3ccc(-c4ccccc4)cn3)cc2)nc1-c1ccccc1. The third kappa shape index (κ3) is 6.30. The molecule has 5 rings (SSSR count). The van der Waals surface area contributed by atoms with E-state index in [1.54, 1.807) is 0 Å². The van der Waals surface area contributed by atoms with E-state index in [4.69, 9.17) is 14.9 Å². The molecule has 0 unspecified atom stereocenters. The maximum absolute atomic E-state index is 11.1. The molecular weight excluding hydrogens is 462 g/mol. The van der Waals surface area contributed by atoms with Crippen LogP contribution in [0.2, 0.25) is 0 Å². The van der Waals surface area contributed by atoms with Crippen molar-refractivity contribution in [3.63, 3.8) is 0 Å². The molecule has 2 heterocycles. The third-order valence-electron chi connectivity index (χ3n) is 6.08. The second-order valence-corrected chi connectivity index (χ2v) is 8.80. The Morgan fingerprint density at radius 1 is 0.811 bits per heavy atom. The van der Waals surface area contributed by atoms with Crippen LogP contribution < -0.4 is 4.74 Å². The Labute approximate surface area is 215 Å². The molecule has 37 heavy (non-hydrogen) atoms. The molecule has 0 radical (unpaired) electrons. The molecule has 0 amide bonds. The van der Waals surface area contributed by atoms with Gasteiger partial charge in [0.2, 0.25) is 0 Å². The van der Waals surface area contributed by atoms with Gasteiger partial charge in [0.05, 0.1) is 17.9 Å². The number of aryl methyl sites for hydroxylation is 1. The molecule has 0 saturated carbocycles. The number of benzene rings is 3. The number of hydrogen-bond donors (Lipinski definition) is 1. The number of nitrogens with zero attached hydrogens (tertiary/aromatic N) is 3. The van der Waals surface area contributed by atoms with Gasteiger partial charge in [0.25, 0.3) is 0 Å². The minimum absolute atomic E-state index is 0.0708. The highest BCUT2D eigenvalue weighted by atomic mass is 16.5. The monoisotopic (exact) mass is 489 g/mol. The van der Waals surface area contributed by atoms with Crippen LogP contribution in [-0.4, -0.2) is 25.8 Å². The number of carboxylic acids is 1. The third-order valence-corrected chi connectivity index (χ3v) is 6.08. The van der Waals surface area contributed by atoms with Crippen LogP contribution in [0.15, 0.2) is 109 Å². The van der Waals surface area contributed by atoms with Crippen molar-refractivity contribution in [1.29, 1.82) is 0 Å². The number of ether oxygens (including phenoxy) is 1. The second kappa shape index (κ2) is 11.4. The van der Waals surface area contributed by atoms with Gasteiger partial charge in [-0.05, 0) is 41.3 Å². The van der Waals surface area contributed by atoms with Gasteiger partial charge in [-0.25, -0.2) is 0 Å². The largest absolute Gasteiger partial charge is 0.487 e. The normalized spacial score (nSPS) is 10.8. The van der Waals surface area contributed by atoms with E-state index >= 15 is 0 Å². The number of rotatable bonds is 10. The van der Waals surface area contributed by atoms with Gasteiger partial charge in [-0.2, -0.15) is 5.10 Å². The Balaban J connectivity index is 1.22. The number of carboxylic acid groups (broad SMARTS) is 1. The molecule has 2 aromatic heterocycles. The van der Waals surface area contributed by atoms with Crippen LogP contribution in [0.25, 0.3) is 22.4 Å². The Morgan fingerprint density at radius 3 is 2.16 bits per heavy atom. The first kappa shape index (κ1) is 24.0. The van der Waals surface area contributed by atoms with Crippen LogP contribution in [-0.2, 0) is 24.4 Å². The summed E-state index contributed by atoms with van der Waals surface area (Å²) >= 11 is 0. The van der Waals surface area contributed by atoms with Crippen LogP contribution in [0.3, 0.4) is 0 Å². The molecule has 1 N–H and O–H groups in total. The van der Waals surface area contributed by atoms with Crippen LogP contribution in [0.1, 0.15) is 23.2 Å². The first-order valence-electron chi connectivity index (χ1n) is 12.2. The van der Waals surface area contributed by atoms with Crippen molar-refractivity contribution in [2.45, 2.75) is 26.0 Å². The Morgan fingerprint density at radius 2 is 1.51 bits per heavy atom. The van der Waals surface area contributed by atoms with Gasteiger partial charge in [-0.15, -0.1) is 0 Å². The smallest absolute Gasteiger partial charge is 0.303 e. The predicted octanol–water partition coefficient (Wildman–Crippen LogP) is 6.26. The summed E-state index contributed by atoms with van der Waals surface area (Å²) in [4.78, 5) is 15.7. The van der Waals surface area contributed by atoms with Gasteiger partial charge >= 0.3 is 5.97 Å². The summed E-state index contributed by atoms with van der Waals surface area (Å²) < 4.78 is 7.81. The van der Waals surface area contributed by atoms with Gasteiger partial charge in [-0.1, -0.05) is 78.9 Å². The molecule has 6 heteroatoms. The first-order chi connectivity index (χ1) is 18.1. The quantitative estimate of drug-likeness (QED) is 0.251. The van der Waals surface area contributed by atoms with Crippen LogP contribution in [0.4, 0.5) is 0 Å². The molecular formula is C31H27N3O3. The lowest BCUT2D eigenvalue weighted by molar-refractivity contribution is -0.136. The lowest BCUT2D eigenvalue weighted by Crippen LogP contribution is -2.01. The van der Waals surface area contributed by atoms with Crippen molar-refractivity contribution in [2.24, 2.45) is 0 Å². The van der Waals surface area contributed by atoms with Gasteiger partial charge < -0.3 is 9.84 Å². The molecule has 0 spiro atoms. The summed E-state index contributed by atoms with van der Waals surface area (Å²) in [6.07, 6.45) is 4.32. The van der Waals surface area contributed by atoms with Crippen molar-refractivity contribution in [2.75, 3.05) is 0 Å². The number of hydrogen-bond acceptors (Lipinski definition) is 4. The highest BCUT2D eigenvalue weighted by molar-refractivity contribution is 5.69. The lowest BCUT2D eigenvalue weighted by Gasteiger charge is -2.08. The summed E-state index contributed by atoms with van der Waals surface area (Å²) in [5, 5.41) is 13.9. The van der Waals surface area contributed by atoms with Crippen LogP contribution in [0.5, 0.6) is 5.75 Å². The maximum atomic E-state index is 11.1. The summed E-state index contributed by atoms with van der Waals surface area (Å²) in [6.45, 7) is 0.969. The summed E-state index contributed by atoms with van der Waals surface area (Å²) in [6, 6.07) is 32.0. The van der Waals surface area contributed by atoms with Gasteiger partial charge in [-0.3, -0.25) is 14.5 Å². The molecule has 0 fully saturated rings. The van der Waals surface area contributed by atoms with E-state index in [1.807, 2.05) is 95.9 Å². The molecule has 0 atom stereocenters. The van der Waals surface area contributed by atoms with E-state index in [9.17, 15) is 4.79 Å². The summed E-state index contributed by atoms with van der Waals surface area (Å²) in [5.74, 6) is -0.0463. The summed E-state index contributed by atoms with van der Waals surface area (Å²) in [7, 11) is 0. The summed E-state index contributed by atoms with van der Waals surface area (Å²) in [5.41, 5.74) is 6.89. The Bertz CT molecular complexity index is 1450. The molecule has 6 nitrogen and oxygen atoms in total. The van der Waals surface area contributed by atoms with Crippen LogP contribution >= 0.6 is 0 Å². The Kier molecular flexibility index (Phi) is 7.36. The van der Waals surface area contributed by atoms with Crippen LogP contribution in [0, 0.1) is 0 Å². The molecule has 184 valence electrons. The fraction of sp³-hybridized carbons (Fsp3) is 0.129.